The van der Waals surface area contributed by atoms with Crippen molar-refractivity contribution in [2.24, 2.45) is 11.3 Å². The fraction of sp³-hybridized carbons (Fsp3) is 0.929. The van der Waals surface area contributed by atoms with Gasteiger partial charge in [0.2, 0.25) is 5.91 Å². The highest BCUT2D eigenvalue weighted by atomic mass is 79.9. The van der Waals surface area contributed by atoms with Crippen LogP contribution in [-0.2, 0) is 4.79 Å². The van der Waals surface area contributed by atoms with Gasteiger partial charge in [-0.1, -0.05) is 42.6 Å². The molecule has 0 aromatic rings. The van der Waals surface area contributed by atoms with Crippen LogP contribution in [0.5, 0.6) is 0 Å². The molecule has 1 aliphatic carbocycles. The van der Waals surface area contributed by atoms with E-state index in [2.05, 4.69) is 35.1 Å². The van der Waals surface area contributed by atoms with Crippen molar-refractivity contribution in [1.29, 1.82) is 0 Å². The zero-order valence-corrected chi connectivity index (χ0v) is 12.8. The van der Waals surface area contributed by atoms with Crippen LogP contribution in [0.4, 0.5) is 0 Å². The number of alkyl halides is 1. The second-order valence-electron chi connectivity index (χ2n) is 5.74. The van der Waals surface area contributed by atoms with E-state index < -0.39 is 0 Å². The van der Waals surface area contributed by atoms with Gasteiger partial charge in [0.15, 0.2) is 0 Å². The Kier molecular flexibility index (Phi) is 6.53. The van der Waals surface area contributed by atoms with Crippen molar-refractivity contribution in [3.8, 4) is 0 Å². The first-order valence-corrected chi connectivity index (χ1v) is 8.07. The molecule has 0 aromatic heterocycles. The molecule has 1 fully saturated rings. The van der Waals surface area contributed by atoms with E-state index in [1.165, 1.54) is 12.8 Å². The van der Waals surface area contributed by atoms with Crippen LogP contribution in [0.15, 0.2) is 0 Å². The summed E-state index contributed by atoms with van der Waals surface area (Å²) >= 11 is 3.41. The predicted molar refractivity (Wildman–Crippen MR) is 76.4 cm³/mol. The minimum absolute atomic E-state index is 0.0391. The number of halogens is 1. The highest BCUT2D eigenvalue weighted by Gasteiger charge is 2.40. The second-order valence-corrected chi connectivity index (χ2v) is 6.53. The summed E-state index contributed by atoms with van der Waals surface area (Å²) in [5.74, 6) is 0.930. The lowest BCUT2D eigenvalue weighted by molar-refractivity contribution is -0.131. The molecule has 0 heterocycles. The van der Waals surface area contributed by atoms with Crippen molar-refractivity contribution < 1.29 is 4.79 Å². The van der Waals surface area contributed by atoms with Crippen LogP contribution in [0.25, 0.3) is 0 Å². The first-order chi connectivity index (χ1) is 8.10. The molecule has 100 valence electrons. The Hall–Kier alpha value is -0.0500. The molecule has 0 aliphatic heterocycles. The summed E-state index contributed by atoms with van der Waals surface area (Å²) < 4.78 is 0. The first-order valence-electron chi connectivity index (χ1n) is 6.95. The lowest BCUT2D eigenvalue weighted by Gasteiger charge is -2.29. The number of carbonyl (C=O) groups is 1. The van der Waals surface area contributed by atoms with Crippen molar-refractivity contribution in [2.45, 2.75) is 58.8 Å². The molecule has 1 aliphatic rings. The Labute approximate surface area is 114 Å². The molecular formula is C14H26BrNO. The summed E-state index contributed by atoms with van der Waals surface area (Å²) in [7, 11) is 0. The largest absolute Gasteiger partial charge is 0.356 e. The van der Waals surface area contributed by atoms with Crippen molar-refractivity contribution in [2.75, 3.05) is 11.9 Å². The van der Waals surface area contributed by atoms with E-state index in [0.29, 0.717) is 11.8 Å². The fourth-order valence-electron chi connectivity index (χ4n) is 2.97. The lowest BCUT2D eigenvalue weighted by Crippen LogP contribution is -2.40. The molecule has 0 bridgehead atoms. The van der Waals surface area contributed by atoms with Crippen LogP contribution in [0.3, 0.4) is 0 Å². The SMILES string of the molecule is CC(C)CC1(C(=O)NCCCCBr)CCCC1. The molecule has 0 radical (unpaired) electrons. The van der Waals surface area contributed by atoms with Gasteiger partial charge in [0.25, 0.3) is 0 Å². The third-order valence-corrected chi connectivity index (χ3v) is 4.25. The number of hydrogen-bond acceptors (Lipinski definition) is 1. The number of hydrogen-bond donors (Lipinski definition) is 1. The van der Waals surface area contributed by atoms with Crippen LogP contribution in [0.1, 0.15) is 58.8 Å². The molecule has 17 heavy (non-hydrogen) atoms. The zero-order chi connectivity index (χ0) is 12.7. The molecule has 1 N–H and O–H groups in total. The standard InChI is InChI=1S/C14H26BrNO/c1-12(2)11-14(7-3-4-8-14)13(17)16-10-6-5-9-15/h12H,3-11H2,1-2H3,(H,16,17). The van der Waals surface area contributed by atoms with Crippen LogP contribution >= 0.6 is 15.9 Å². The van der Waals surface area contributed by atoms with Crippen molar-refractivity contribution >= 4 is 21.8 Å². The molecule has 0 spiro atoms. The Morgan fingerprint density at radius 3 is 2.47 bits per heavy atom. The van der Waals surface area contributed by atoms with Crippen molar-refractivity contribution in [1.82, 2.24) is 5.32 Å². The number of carbonyl (C=O) groups excluding carboxylic acids is 1. The maximum Gasteiger partial charge on any atom is 0.226 e. The number of unbranched alkanes of at least 4 members (excludes halogenated alkanes) is 1. The van der Waals surface area contributed by atoms with Gasteiger partial charge in [-0.2, -0.15) is 0 Å². The topological polar surface area (TPSA) is 29.1 Å². The van der Waals surface area contributed by atoms with E-state index in [1.54, 1.807) is 0 Å². The summed E-state index contributed by atoms with van der Waals surface area (Å²) in [5, 5.41) is 4.17. The molecule has 1 amide bonds. The summed E-state index contributed by atoms with van der Waals surface area (Å²) in [6, 6.07) is 0. The molecule has 0 atom stereocenters. The molecule has 0 aromatic carbocycles. The van der Waals surface area contributed by atoms with Crippen LogP contribution in [0, 0.1) is 11.3 Å². The van der Waals surface area contributed by atoms with Crippen molar-refractivity contribution in [3.05, 3.63) is 0 Å². The Bertz CT molecular complexity index is 234. The third kappa shape index (κ3) is 4.61. The van der Waals surface area contributed by atoms with E-state index in [4.69, 9.17) is 0 Å². The van der Waals surface area contributed by atoms with Crippen molar-refractivity contribution in [3.63, 3.8) is 0 Å². The first kappa shape index (κ1) is 15.0. The third-order valence-electron chi connectivity index (χ3n) is 3.69. The van der Waals surface area contributed by atoms with Gasteiger partial charge in [0, 0.05) is 17.3 Å². The minimum Gasteiger partial charge on any atom is -0.356 e. The maximum atomic E-state index is 12.3. The van der Waals surface area contributed by atoms with E-state index in [-0.39, 0.29) is 5.41 Å². The zero-order valence-electron chi connectivity index (χ0n) is 11.2. The van der Waals surface area contributed by atoms with Gasteiger partial charge in [-0.05, 0) is 38.0 Å². The fourth-order valence-corrected chi connectivity index (χ4v) is 3.36. The van der Waals surface area contributed by atoms with Crippen LogP contribution in [0.2, 0.25) is 0 Å². The number of nitrogens with one attached hydrogen (secondary N) is 1. The van der Waals surface area contributed by atoms with Gasteiger partial charge in [-0.15, -0.1) is 0 Å². The van der Waals surface area contributed by atoms with Crippen LogP contribution in [-0.4, -0.2) is 17.8 Å². The second kappa shape index (κ2) is 7.40. The lowest BCUT2D eigenvalue weighted by atomic mass is 9.77. The molecular weight excluding hydrogens is 278 g/mol. The van der Waals surface area contributed by atoms with Gasteiger partial charge in [-0.25, -0.2) is 0 Å². The molecule has 0 saturated heterocycles. The average Bonchev–Trinajstić information content (AvgIpc) is 2.73. The predicted octanol–water partition coefficient (Wildman–Crippen LogP) is 3.88. The molecule has 1 rings (SSSR count). The Balaban J connectivity index is 2.43. The summed E-state index contributed by atoms with van der Waals surface area (Å²) in [4.78, 5) is 12.3. The maximum absolute atomic E-state index is 12.3. The van der Waals surface area contributed by atoms with Gasteiger partial charge >= 0.3 is 0 Å². The summed E-state index contributed by atoms with van der Waals surface area (Å²) in [6.45, 7) is 5.28. The summed E-state index contributed by atoms with van der Waals surface area (Å²) in [5.41, 5.74) is -0.0391. The van der Waals surface area contributed by atoms with E-state index in [1.807, 2.05) is 0 Å². The number of rotatable bonds is 7. The molecule has 1 saturated carbocycles. The quantitative estimate of drug-likeness (QED) is 0.561. The number of amides is 1. The van der Waals surface area contributed by atoms with Gasteiger partial charge in [0.05, 0.1) is 0 Å². The van der Waals surface area contributed by atoms with Crippen LogP contribution < -0.4 is 5.32 Å². The van der Waals surface area contributed by atoms with Gasteiger partial charge in [0.1, 0.15) is 0 Å². The smallest absolute Gasteiger partial charge is 0.226 e. The average molecular weight is 304 g/mol. The highest BCUT2D eigenvalue weighted by Crippen LogP contribution is 2.43. The van der Waals surface area contributed by atoms with E-state index in [9.17, 15) is 4.79 Å². The monoisotopic (exact) mass is 303 g/mol. The summed E-state index contributed by atoms with van der Waals surface area (Å²) in [6.07, 6.45) is 7.90. The molecule has 0 unspecified atom stereocenters. The van der Waals surface area contributed by atoms with E-state index in [0.717, 1.165) is 44.0 Å². The Morgan fingerprint density at radius 2 is 1.94 bits per heavy atom. The Morgan fingerprint density at radius 1 is 1.29 bits per heavy atom. The molecule has 2 nitrogen and oxygen atoms in total. The minimum atomic E-state index is -0.0391. The highest BCUT2D eigenvalue weighted by molar-refractivity contribution is 9.09. The molecule has 3 heteroatoms. The van der Waals surface area contributed by atoms with E-state index >= 15 is 0 Å². The normalized spacial score (nSPS) is 18.6. The van der Waals surface area contributed by atoms with Gasteiger partial charge < -0.3 is 5.32 Å². The van der Waals surface area contributed by atoms with Gasteiger partial charge in [-0.3, -0.25) is 4.79 Å².